The van der Waals surface area contributed by atoms with Gasteiger partial charge >= 0.3 is 0 Å². The third kappa shape index (κ3) is 6.89. The Morgan fingerprint density at radius 1 is 0.804 bits per heavy atom. The predicted octanol–water partition coefficient (Wildman–Crippen LogP) is 13.9. The molecule has 2 heterocycles. The number of para-hydroxylation sites is 1. The van der Waals surface area contributed by atoms with Crippen LogP contribution in [0.25, 0.3) is 61.2 Å². The summed E-state index contributed by atoms with van der Waals surface area (Å²) in [7, 11) is 0. The number of benzene rings is 4. The van der Waals surface area contributed by atoms with E-state index in [0.29, 0.717) is 0 Å². The van der Waals surface area contributed by atoms with Crippen LogP contribution in [0.2, 0.25) is 0 Å². The van der Waals surface area contributed by atoms with Gasteiger partial charge in [-0.05, 0) is 111 Å². The van der Waals surface area contributed by atoms with Crippen LogP contribution in [0.4, 0.5) is 5.69 Å². The van der Waals surface area contributed by atoms with Crippen LogP contribution < -0.4 is 0 Å². The van der Waals surface area contributed by atoms with Crippen LogP contribution in [-0.2, 0) is 6.42 Å². The lowest BCUT2D eigenvalue weighted by Crippen LogP contribution is -2.06. The van der Waals surface area contributed by atoms with E-state index in [1.165, 1.54) is 54.7 Å². The number of hydrogen-bond acceptors (Lipinski definition) is 2. The van der Waals surface area contributed by atoms with Gasteiger partial charge in [0.25, 0.3) is 0 Å². The minimum atomic E-state index is 0.835. The Hall–Kier alpha value is -5.32. The average Bonchev–Trinajstić information content (AvgIpc) is 3.62. The van der Waals surface area contributed by atoms with E-state index in [2.05, 4.69) is 167 Å². The number of allylic oxidation sites excluding steroid dienone is 7. The minimum absolute atomic E-state index is 0.835. The number of thioether (sulfide) groups is 1. The topological polar surface area (TPSA) is 22.2 Å². The summed E-state index contributed by atoms with van der Waals surface area (Å²) in [5.41, 5.74) is 12.7. The van der Waals surface area contributed by atoms with Gasteiger partial charge in [0.05, 0.1) is 22.2 Å². The lowest BCUT2D eigenvalue weighted by atomic mass is 9.99. The summed E-state index contributed by atoms with van der Waals surface area (Å²) in [4.78, 5) is 6.43. The lowest BCUT2D eigenvalue weighted by Gasteiger charge is -2.13. The van der Waals surface area contributed by atoms with Gasteiger partial charge in [0.2, 0.25) is 0 Å². The molecule has 256 valence electrons. The first-order valence-electron chi connectivity index (χ1n) is 17.7. The Bertz CT molecular complexity index is 2420. The Morgan fingerprint density at radius 3 is 2.20 bits per heavy atom. The highest BCUT2D eigenvalue weighted by Gasteiger charge is 2.19. The zero-order chi connectivity index (χ0) is 36.1. The molecule has 4 aromatic carbocycles. The molecule has 0 saturated carbocycles. The standard InChI is InChI=1S/C47H47N3S/c1-9-13-14-20-33(7)49-42(19-11-3)37(18-10-2)39-30-35(25-27-44(39)49)36-26-28-45-40(31-36)38-21-15-16-23-43(38)50(45)34(8)48-41-22-17-24-46(51-29-12-4)47(41)32(5)6/h9,11-17,19-28,30-31H,1,4-5,10,18,29H2,2-3,6-8H3/b14-13-,19-11-,33-20+,48-34+. The molecule has 0 unspecified atom stereocenters. The van der Waals surface area contributed by atoms with Gasteiger partial charge in [0, 0.05) is 43.8 Å². The second-order valence-corrected chi connectivity index (χ2v) is 13.9. The number of rotatable bonds is 12. The molecule has 0 atom stereocenters. The molecule has 0 saturated heterocycles. The van der Waals surface area contributed by atoms with Gasteiger partial charge in [-0.3, -0.25) is 4.57 Å². The largest absolute Gasteiger partial charge is 0.314 e. The number of nitrogens with zero attached hydrogens (tertiary/aromatic N) is 3. The highest BCUT2D eigenvalue weighted by molar-refractivity contribution is 7.99. The number of fused-ring (bicyclic) bond motifs is 4. The first-order chi connectivity index (χ1) is 24.8. The first-order valence-corrected chi connectivity index (χ1v) is 18.7. The maximum absolute atomic E-state index is 5.25. The summed E-state index contributed by atoms with van der Waals surface area (Å²) in [5.74, 6) is 1.75. The van der Waals surface area contributed by atoms with Crippen molar-refractivity contribution in [3.8, 4) is 11.1 Å². The van der Waals surface area contributed by atoms with E-state index < -0.39 is 0 Å². The fourth-order valence-corrected chi connectivity index (χ4v) is 8.06. The first kappa shape index (κ1) is 35.5. The fourth-order valence-electron chi connectivity index (χ4n) is 7.16. The molecule has 6 rings (SSSR count). The minimum Gasteiger partial charge on any atom is -0.314 e. The molecule has 0 amide bonds. The maximum Gasteiger partial charge on any atom is 0.111 e. The summed E-state index contributed by atoms with van der Waals surface area (Å²) >= 11 is 1.76. The monoisotopic (exact) mass is 685 g/mol. The smallest absolute Gasteiger partial charge is 0.111 e. The van der Waals surface area contributed by atoms with Crippen molar-refractivity contribution < 1.29 is 0 Å². The summed E-state index contributed by atoms with van der Waals surface area (Å²) in [5, 5.41) is 3.72. The van der Waals surface area contributed by atoms with Gasteiger partial charge in [0.1, 0.15) is 5.84 Å². The average molecular weight is 686 g/mol. The Balaban J connectivity index is 1.51. The van der Waals surface area contributed by atoms with Crippen LogP contribution in [0.15, 0.2) is 145 Å². The molecule has 0 aliphatic carbocycles. The molecule has 0 fully saturated rings. The van der Waals surface area contributed by atoms with Crippen molar-refractivity contribution in [2.75, 3.05) is 5.75 Å². The van der Waals surface area contributed by atoms with E-state index in [-0.39, 0.29) is 0 Å². The second-order valence-electron chi connectivity index (χ2n) is 12.9. The van der Waals surface area contributed by atoms with E-state index >= 15 is 0 Å². The summed E-state index contributed by atoms with van der Waals surface area (Å²) in [6.07, 6.45) is 16.4. The SMILES string of the molecule is C=C/C=C\C=C(/C)n1c(/C=C\C)c(CCC)c2cc(-c3ccc4c(c3)c3ccccc3n4/C(C)=N/c3cccc(SCC=C)c3C(=C)C)ccc21. The molecule has 51 heavy (non-hydrogen) atoms. The molecule has 4 heteroatoms. The van der Waals surface area contributed by atoms with E-state index in [1.807, 2.05) is 18.2 Å². The number of aliphatic imine (C=N–C) groups is 1. The zero-order valence-electron chi connectivity index (χ0n) is 30.5. The fraction of sp³-hybridized carbons (Fsp3) is 0.170. The van der Waals surface area contributed by atoms with Gasteiger partial charge in [-0.25, -0.2) is 4.99 Å². The van der Waals surface area contributed by atoms with Crippen LogP contribution >= 0.6 is 11.8 Å². The van der Waals surface area contributed by atoms with Crippen molar-refractivity contribution in [2.24, 2.45) is 4.99 Å². The van der Waals surface area contributed by atoms with Crippen molar-refractivity contribution in [1.29, 1.82) is 0 Å². The van der Waals surface area contributed by atoms with E-state index in [4.69, 9.17) is 4.99 Å². The molecule has 3 nitrogen and oxygen atoms in total. The van der Waals surface area contributed by atoms with E-state index in [9.17, 15) is 0 Å². The van der Waals surface area contributed by atoms with Gasteiger partial charge in [0.15, 0.2) is 0 Å². The van der Waals surface area contributed by atoms with E-state index in [0.717, 1.165) is 52.3 Å². The van der Waals surface area contributed by atoms with Gasteiger partial charge < -0.3 is 4.57 Å². The third-order valence-electron chi connectivity index (χ3n) is 9.27. The van der Waals surface area contributed by atoms with E-state index in [1.54, 1.807) is 11.8 Å². The highest BCUT2D eigenvalue weighted by atomic mass is 32.2. The van der Waals surface area contributed by atoms with Gasteiger partial charge in [-0.15, -0.1) is 18.3 Å². The molecule has 0 radical (unpaired) electrons. The Labute approximate surface area is 307 Å². The molecular weight excluding hydrogens is 639 g/mol. The molecule has 0 spiro atoms. The summed E-state index contributed by atoms with van der Waals surface area (Å²) in [6, 6.07) is 28.8. The number of aryl methyl sites for hydroxylation is 1. The Morgan fingerprint density at radius 2 is 1.51 bits per heavy atom. The molecule has 6 aromatic rings. The zero-order valence-corrected chi connectivity index (χ0v) is 31.4. The third-order valence-corrected chi connectivity index (χ3v) is 10.3. The molecule has 0 N–H and O–H groups in total. The van der Waals surface area contributed by atoms with Crippen molar-refractivity contribution in [1.82, 2.24) is 9.13 Å². The van der Waals surface area contributed by atoms with Crippen LogP contribution in [0.3, 0.4) is 0 Å². The van der Waals surface area contributed by atoms with Crippen molar-refractivity contribution in [2.45, 2.75) is 52.4 Å². The quantitative estimate of drug-likeness (QED) is 0.0413. The van der Waals surface area contributed by atoms with Gasteiger partial charge in [-0.1, -0.05) is 93.3 Å². The van der Waals surface area contributed by atoms with Crippen LogP contribution in [0, 0.1) is 0 Å². The highest BCUT2D eigenvalue weighted by Crippen LogP contribution is 2.39. The summed E-state index contributed by atoms with van der Waals surface area (Å²) in [6.45, 7) is 22.7. The van der Waals surface area contributed by atoms with Gasteiger partial charge in [-0.2, -0.15) is 0 Å². The molecule has 0 bridgehead atoms. The lowest BCUT2D eigenvalue weighted by molar-refractivity contribution is 0.919. The van der Waals surface area contributed by atoms with Crippen LogP contribution in [-0.4, -0.2) is 20.7 Å². The predicted molar refractivity (Wildman–Crippen MR) is 229 cm³/mol. The van der Waals surface area contributed by atoms with Crippen molar-refractivity contribution in [3.05, 3.63) is 152 Å². The number of hydrogen-bond donors (Lipinski definition) is 0. The Kier molecular flexibility index (Phi) is 10.9. The molecule has 0 aliphatic heterocycles. The van der Waals surface area contributed by atoms with Crippen LogP contribution in [0.5, 0.6) is 0 Å². The number of aromatic nitrogens is 2. The van der Waals surface area contributed by atoms with Crippen LogP contribution in [0.1, 0.15) is 57.9 Å². The maximum atomic E-state index is 5.25. The molecular formula is C47H47N3S. The molecule has 0 aliphatic rings. The summed E-state index contributed by atoms with van der Waals surface area (Å²) < 4.78 is 4.69. The van der Waals surface area contributed by atoms with Crippen molar-refractivity contribution >= 4 is 73.3 Å². The molecule has 2 aromatic heterocycles. The normalized spacial score (nSPS) is 12.6. The second kappa shape index (κ2) is 15.7. The van der Waals surface area contributed by atoms with Crippen molar-refractivity contribution in [3.63, 3.8) is 0 Å².